The Kier molecular flexibility index (Phi) is 8.87. The molecule has 8 nitrogen and oxygen atoms in total. The van der Waals surface area contributed by atoms with Gasteiger partial charge in [-0.1, -0.05) is 35.3 Å². The zero-order valence-corrected chi connectivity index (χ0v) is 18.7. The van der Waals surface area contributed by atoms with E-state index >= 15 is 0 Å². The van der Waals surface area contributed by atoms with E-state index in [1.807, 2.05) is 0 Å². The van der Waals surface area contributed by atoms with Gasteiger partial charge in [0.05, 0.1) is 35.6 Å². The van der Waals surface area contributed by atoms with Crippen LogP contribution in [0, 0.1) is 0 Å². The van der Waals surface area contributed by atoms with Gasteiger partial charge in [0.2, 0.25) is 5.91 Å². The van der Waals surface area contributed by atoms with Crippen molar-refractivity contribution in [1.82, 2.24) is 5.48 Å². The first-order valence-electron chi connectivity index (χ1n) is 9.01. The first-order valence-corrected chi connectivity index (χ1v) is 9.76. The van der Waals surface area contributed by atoms with Gasteiger partial charge >= 0.3 is 0 Å². The van der Waals surface area contributed by atoms with E-state index in [0.29, 0.717) is 28.3 Å². The number of nitrogens with one attached hydrogen (secondary N) is 2. The Labute approximate surface area is 190 Å². The van der Waals surface area contributed by atoms with Gasteiger partial charge < -0.3 is 15.8 Å². The van der Waals surface area contributed by atoms with E-state index in [1.54, 1.807) is 43.5 Å². The van der Waals surface area contributed by atoms with Crippen LogP contribution >= 0.6 is 23.2 Å². The standard InChI is InChI=1S/C21H22Cl2N4O4/c1-12(28)25-21-16(22)7-13(8-17(21)23)9-19(24)26-20(29)11-18(27-31-3)14-5-4-6-15(10-14)30-2/h4-8,10-11,27H,9H2,1-3H3,(H,25,28)(H2,24,26,29). The molecule has 0 aliphatic carbocycles. The van der Waals surface area contributed by atoms with Gasteiger partial charge in [-0.15, -0.1) is 0 Å². The summed E-state index contributed by atoms with van der Waals surface area (Å²) in [6.45, 7) is 1.35. The molecule has 2 aromatic rings. The lowest BCUT2D eigenvalue weighted by molar-refractivity contribution is -0.114. The van der Waals surface area contributed by atoms with Crippen molar-refractivity contribution in [3.8, 4) is 5.75 Å². The van der Waals surface area contributed by atoms with Crippen LogP contribution in [0.5, 0.6) is 5.75 Å². The maximum Gasteiger partial charge on any atom is 0.273 e. The molecule has 0 aromatic heterocycles. The summed E-state index contributed by atoms with van der Waals surface area (Å²) in [6, 6.07) is 10.3. The molecule has 0 saturated heterocycles. The number of amidine groups is 1. The second-order valence-corrected chi connectivity index (χ2v) is 7.14. The van der Waals surface area contributed by atoms with Gasteiger partial charge in [0, 0.05) is 25.0 Å². The van der Waals surface area contributed by atoms with Crippen molar-refractivity contribution in [1.29, 1.82) is 0 Å². The summed E-state index contributed by atoms with van der Waals surface area (Å²) in [4.78, 5) is 32.5. The average molecular weight is 465 g/mol. The lowest BCUT2D eigenvalue weighted by Gasteiger charge is -2.10. The Morgan fingerprint density at radius 1 is 1.16 bits per heavy atom. The summed E-state index contributed by atoms with van der Waals surface area (Å²) in [5.41, 5.74) is 10.6. The van der Waals surface area contributed by atoms with Crippen LogP contribution in [-0.4, -0.2) is 31.9 Å². The summed E-state index contributed by atoms with van der Waals surface area (Å²) in [5.74, 6) is -0.213. The minimum atomic E-state index is -0.591. The molecule has 0 aliphatic rings. The van der Waals surface area contributed by atoms with Crippen LogP contribution in [0.3, 0.4) is 0 Å². The molecular formula is C21H22Cl2N4O4. The van der Waals surface area contributed by atoms with E-state index in [0.717, 1.165) is 0 Å². The number of hydroxylamine groups is 1. The molecule has 164 valence electrons. The molecule has 10 heteroatoms. The Morgan fingerprint density at radius 3 is 2.42 bits per heavy atom. The summed E-state index contributed by atoms with van der Waals surface area (Å²) in [5, 5.41) is 3.06. The highest BCUT2D eigenvalue weighted by Crippen LogP contribution is 2.32. The fourth-order valence-electron chi connectivity index (χ4n) is 2.64. The minimum Gasteiger partial charge on any atom is -0.497 e. The molecule has 0 bridgehead atoms. The van der Waals surface area contributed by atoms with E-state index in [2.05, 4.69) is 15.8 Å². The van der Waals surface area contributed by atoms with Gasteiger partial charge in [-0.3, -0.25) is 19.9 Å². The number of benzene rings is 2. The number of hydrogen-bond acceptors (Lipinski definition) is 5. The van der Waals surface area contributed by atoms with Gasteiger partial charge in [-0.25, -0.2) is 0 Å². The number of nitrogens with two attached hydrogens (primary N) is 1. The molecule has 0 atom stereocenters. The normalized spacial score (nSPS) is 11.8. The third-order valence-corrected chi connectivity index (χ3v) is 4.50. The van der Waals surface area contributed by atoms with Gasteiger partial charge in [0.25, 0.3) is 5.91 Å². The van der Waals surface area contributed by atoms with Crippen LogP contribution in [0.25, 0.3) is 5.70 Å². The van der Waals surface area contributed by atoms with Crippen molar-refractivity contribution < 1.29 is 19.2 Å². The predicted molar refractivity (Wildman–Crippen MR) is 122 cm³/mol. The predicted octanol–water partition coefficient (Wildman–Crippen LogP) is 3.58. The molecular weight excluding hydrogens is 443 g/mol. The number of nitrogens with zero attached hydrogens (tertiary/aromatic N) is 1. The van der Waals surface area contributed by atoms with Crippen LogP contribution in [0.4, 0.5) is 5.69 Å². The monoisotopic (exact) mass is 464 g/mol. The number of methoxy groups -OCH3 is 1. The number of hydrogen-bond donors (Lipinski definition) is 3. The van der Waals surface area contributed by atoms with Crippen LogP contribution < -0.4 is 21.3 Å². The zero-order chi connectivity index (χ0) is 23.0. The molecule has 31 heavy (non-hydrogen) atoms. The number of ether oxygens (including phenoxy) is 1. The summed E-state index contributed by atoms with van der Waals surface area (Å²) >= 11 is 12.4. The minimum absolute atomic E-state index is 0.0584. The number of aliphatic imine (C=N–C) groups is 1. The van der Waals surface area contributed by atoms with E-state index < -0.39 is 5.91 Å². The molecule has 2 amide bonds. The topological polar surface area (TPSA) is 115 Å². The third-order valence-electron chi connectivity index (χ3n) is 3.90. The van der Waals surface area contributed by atoms with Crippen molar-refractivity contribution in [2.45, 2.75) is 13.3 Å². The van der Waals surface area contributed by atoms with Crippen LogP contribution in [0.1, 0.15) is 18.1 Å². The Hall–Kier alpha value is -3.07. The lowest BCUT2D eigenvalue weighted by Crippen LogP contribution is -2.18. The smallest absolute Gasteiger partial charge is 0.273 e. The SMILES string of the molecule is CONC(=CC(=O)N=C(N)Cc1cc(Cl)c(NC(C)=O)c(Cl)c1)c1cccc(OC)c1. The average Bonchev–Trinajstić information content (AvgIpc) is 2.70. The number of carbonyl (C=O) groups excluding carboxylic acids is 2. The second-order valence-electron chi connectivity index (χ2n) is 6.33. The summed E-state index contributed by atoms with van der Waals surface area (Å²) < 4.78 is 5.19. The van der Waals surface area contributed by atoms with E-state index in [-0.39, 0.29) is 28.2 Å². The molecule has 4 N–H and O–H groups in total. The maximum atomic E-state index is 12.4. The third kappa shape index (κ3) is 7.29. The number of anilines is 1. The van der Waals surface area contributed by atoms with E-state index in [9.17, 15) is 9.59 Å². The van der Waals surface area contributed by atoms with Crippen molar-refractivity contribution in [2.24, 2.45) is 10.7 Å². The zero-order valence-electron chi connectivity index (χ0n) is 17.2. The van der Waals surface area contributed by atoms with Crippen LogP contribution in [0.15, 0.2) is 47.5 Å². The second kappa shape index (κ2) is 11.4. The fourth-order valence-corrected chi connectivity index (χ4v) is 3.27. The molecule has 0 spiro atoms. The summed E-state index contributed by atoms with van der Waals surface area (Å²) in [6.07, 6.45) is 1.39. The molecule has 0 unspecified atom stereocenters. The fraction of sp³-hybridized carbons (Fsp3) is 0.190. The highest BCUT2D eigenvalue weighted by molar-refractivity contribution is 6.39. The molecule has 0 heterocycles. The van der Waals surface area contributed by atoms with Gasteiger partial charge in [-0.2, -0.15) is 4.99 Å². The van der Waals surface area contributed by atoms with Gasteiger partial charge in [0.1, 0.15) is 11.6 Å². The quantitative estimate of drug-likeness (QED) is 0.238. The van der Waals surface area contributed by atoms with Crippen LogP contribution in [-0.2, 0) is 20.8 Å². The van der Waals surface area contributed by atoms with Gasteiger partial charge in [0.15, 0.2) is 0 Å². The molecule has 0 fully saturated rings. The first kappa shape index (κ1) is 24.2. The molecule has 2 aromatic carbocycles. The molecule has 0 saturated carbocycles. The molecule has 2 rings (SSSR count). The highest BCUT2D eigenvalue weighted by atomic mass is 35.5. The Balaban J connectivity index is 2.21. The number of rotatable bonds is 8. The lowest BCUT2D eigenvalue weighted by atomic mass is 10.1. The maximum absolute atomic E-state index is 12.4. The molecule has 0 radical (unpaired) electrons. The Bertz CT molecular complexity index is 1010. The first-order chi connectivity index (χ1) is 14.7. The van der Waals surface area contributed by atoms with E-state index in [4.69, 9.17) is 38.5 Å². The Morgan fingerprint density at radius 2 is 1.84 bits per heavy atom. The van der Waals surface area contributed by atoms with Crippen molar-refractivity contribution in [3.05, 3.63) is 63.6 Å². The van der Waals surface area contributed by atoms with Crippen molar-refractivity contribution in [2.75, 3.05) is 19.5 Å². The number of carbonyl (C=O) groups is 2. The van der Waals surface area contributed by atoms with Crippen LogP contribution in [0.2, 0.25) is 10.0 Å². The van der Waals surface area contributed by atoms with Crippen molar-refractivity contribution in [3.63, 3.8) is 0 Å². The number of halogens is 2. The van der Waals surface area contributed by atoms with Gasteiger partial charge in [-0.05, 0) is 29.8 Å². The molecule has 0 aliphatic heterocycles. The summed E-state index contributed by atoms with van der Waals surface area (Å²) in [7, 11) is 2.97. The largest absolute Gasteiger partial charge is 0.497 e. The van der Waals surface area contributed by atoms with E-state index in [1.165, 1.54) is 20.1 Å². The number of amides is 2. The van der Waals surface area contributed by atoms with Crippen molar-refractivity contribution >= 4 is 52.2 Å². The highest BCUT2D eigenvalue weighted by Gasteiger charge is 2.11.